The Morgan fingerprint density at radius 2 is 1.83 bits per heavy atom. The first kappa shape index (κ1) is 8.47. The number of hydrogen-bond donors (Lipinski definition) is 4. The zero-order chi connectivity index (χ0) is 8.97. The number of nitrogens with one attached hydrogen (secondary N) is 1. The fourth-order valence-electron chi connectivity index (χ4n) is 0.712. The van der Waals surface area contributed by atoms with E-state index in [9.17, 15) is 0 Å². The van der Waals surface area contributed by atoms with Crippen molar-refractivity contribution in [1.82, 2.24) is 15.4 Å². The molecule has 0 bridgehead atoms. The third-order valence-corrected chi connectivity index (χ3v) is 1.23. The Balaban J connectivity index is 2.81. The molecule has 1 rings (SSSR count). The lowest BCUT2D eigenvalue weighted by Crippen LogP contribution is -2.12. The number of anilines is 3. The Morgan fingerprint density at radius 1 is 1.25 bits per heavy atom. The smallest absolute Gasteiger partial charge is 0.175 e. The number of aliphatic hydroxyl groups is 1. The third-order valence-electron chi connectivity index (χ3n) is 1.23. The molecule has 0 atom stereocenters. The van der Waals surface area contributed by atoms with Crippen molar-refractivity contribution in [3.8, 4) is 0 Å². The van der Waals surface area contributed by atoms with Gasteiger partial charge < -0.3 is 21.9 Å². The predicted octanol–water partition coefficient (Wildman–Crippen LogP) is -1.56. The molecule has 0 saturated carbocycles. The molecule has 1 aromatic heterocycles. The summed E-state index contributed by atoms with van der Waals surface area (Å²) < 4.78 is 0. The summed E-state index contributed by atoms with van der Waals surface area (Å²) in [5.41, 5.74) is 11.3. The van der Waals surface area contributed by atoms with Gasteiger partial charge in [0.05, 0.1) is 6.61 Å². The largest absolute Gasteiger partial charge is 0.395 e. The zero-order valence-electron chi connectivity index (χ0n) is 6.36. The number of nitrogens with zero attached hydrogens (tertiary/aromatic N) is 3. The van der Waals surface area contributed by atoms with Crippen molar-refractivity contribution in [3.63, 3.8) is 0 Å². The molecule has 66 valence electrons. The number of aromatic nitrogens is 3. The first-order valence-corrected chi connectivity index (χ1v) is 3.34. The van der Waals surface area contributed by atoms with Gasteiger partial charge in [-0.25, -0.2) is 0 Å². The number of rotatable bonds is 3. The molecule has 12 heavy (non-hydrogen) atoms. The van der Waals surface area contributed by atoms with Crippen LogP contribution in [-0.2, 0) is 0 Å². The molecular formula is C5H10N6O. The van der Waals surface area contributed by atoms with Crippen LogP contribution >= 0.6 is 0 Å². The highest BCUT2D eigenvalue weighted by atomic mass is 16.3. The van der Waals surface area contributed by atoms with Crippen LogP contribution in [0, 0.1) is 0 Å². The fraction of sp³-hybridized carbons (Fsp3) is 0.400. The molecule has 0 amide bonds. The lowest BCUT2D eigenvalue weighted by atomic mass is 10.4. The summed E-state index contributed by atoms with van der Waals surface area (Å²) in [6.07, 6.45) is 0. The molecule has 7 heteroatoms. The number of nitrogens with two attached hydrogens (primary N) is 2. The van der Waals surface area contributed by atoms with Gasteiger partial charge in [0, 0.05) is 6.54 Å². The van der Waals surface area contributed by atoms with Crippen LogP contribution in [0.1, 0.15) is 0 Å². The predicted molar refractivity (Wildman–Crippen MR) is 44.2 cm³/mol. The second-order valence-electron chi connectivity index (χ2n) is 2.09. The van der Waals surface area contributed by atoms with Gasteiger partial charge in [0.25, 0.3) is 0 Å². The van der Waals surface area contributed by atoms with E-state index in [1.165, 1.54) is 0 Å². The maximum atomic E-state index is 8.51. The molecule has 1 aromatic rings. The molecule has 0 fully saturated rings. The van der Waals surface area contributed by atoms with E-state index >= 15 is 0 Å². The minimum absolute atomic E-state index is 0.0127. The van der Waals surface area contributed by atoms with Gasteiger partial charge in [-0.15, -0.1) is 10.2 Å². The van der Waals surface area contributed by atoms with Crippen LogP contribution < -0.4 is 16.8 Å². The van der Waals surface area contributed by atoms with E-state index in [0.717, 1.165) is 0 Å². The van der Waals surface area contributed by atoms with Crippen molar-refractivity contribution in [2.75, 3.05) is 29.9 Å². The lowest BCUT2D eigenvalue weighted by Gasteiger charge is -2.06. The SMILES string of the molecule is Nc1nnnc(N)c1NCCO. The summed E-state index contributed by atoms with van der Waals surface area (Å²) in [6.45, 7) is 0.336. The van der Waals surface area contributed by atoms with Gasteiger partial charge in [0.1, 0.15) is 5.69 Å². The molecule has 0 aromatic carbocycles. The van der Waals surface area contributed by atoms with Crippen molar-refractivity contribution in [2.24, 2.45) is 0 Å². The third kappa shape index (κ3) is 1.70. The quantitative estimate of drug-likeness (QED) is 0.432. The van der Waals surface area contributed by atoms with Crippen molar-refractivity contribution in [1.29, 1.82) is 0 Å². The fourth-order valence-corrected chi connectivity index (χ4v) is 0.712. The van der Waals surface area contributed by atoms with Crippen LogP contribution in [0.25, 0.3) is 0 Å². The zero-order valence-corrected chi connectivity index (χ0v) is 6.36. The van der Waals surface area contributed by atoms with Crippen LogP contribution in [0.4, 0.5) is 17.3 Å². The molecule has 6 N–H and O–H groups in total. The van der Waals surface area contributed by atoms with E-state index < -0.39 is 0 Å². The van der Waals surface area contributed by atoms with E-state index in [1.54, 1.807) is 0 Å². The Bertz CT molecular complexity index is 244. The number of nitrogen functional groups attached to an aromatic ring is 2. The van der Waals surface area contributed by atoms with Gasteiger partial charge in [-0.05, 0) is 5.21 Å². The van der Waals surface area contributed by atoms with Crippen molar-refractivity contribution < 1.29 is 5.11 Å². The maximum Gasteiger partial charge on any atom is 0.175 e. The average Bonchev–Trinajstić information content (AvgIpc) is 2.04. The van der Waals surface area contributed by atoms with Gasteiger partial charge in [0.2, 0.25) is 0 Å². The molecule has 0 aliphatic carbocycles. The van der Waals surface area contributed by atoms with Crippen LogP contribution in [0.15, 0.2) is 0 Å². The molecule has 1 heterocycles. The van der Waals surface area contributed by atoms with Crippen LogP contribution in [0.2, 0.25) is 0 Å². The van der Waals surface area contributed by atoms with E-state index in [0.29, 0.717) is 12.2 Å². The highest BCUT2D eigenvalue weighted by Gasteiger charge is 2.05. The van der Waals surface area contributed by atoms with Crippen LogP contribution in [0.3, 0.4) is 0 Å². The molecule has 0 spiro atoms. The van der Waals surface area contributed by atoms with E-state index in [2.05, 4.69) is 20.7 Å². The summed E-state index contributed by atoms with van der Waals surface area (Å²) in [4.78, 5) is 0. The monoisotopic (exact) mass is 170 g/mol. The molecule has 0 aliphatic rings. The van der Waals surface area contributed by atoms with E-state index in [-0.39, 0.29) is 18.2 Å². The standard InChI is InChI=1S/C5H10N6O/c6-4-3(8-1-2-12)5(7)10-11-9-4/h12H,1-2H2,(H,8,11)(H4,6,7,9,10). The van der Waals surface area contributed by atoms with Gasteiger partial charge in [-0.2, -0.15) is 0 Å². The second kappa shape index (κ2) is 3.67. The lowest BCUT2D eigenvalue weighted by molar-refractivity contribution is 0.311. The molecule has 7 nitrogen and oxygen atoms in total. The Kier molecular flexibility index (Phi) is 2.59. The van der Waals surface area contributed by atoms with Crippen LogP contribution in [-0.4, -0.2) is 33.7 Å². The van der Waals surface area contributed by atoms with Crippen molar-refractivity contribution in [3.05, 3.63) is 0 Å². The normalized spacial score (nSPS) is 9.75. The van der Waals surface area contributed by atoms with E-state index in [1.807, 2.05) is 0 Å². The van der Waals surface area contributed by atoms with Gasteiger partial charge >= 0.3 is 0 Å². The molecule has 0 saturated heterocycles. The first-order valence-electron chi connectivity index (χ1n) is 3.34. The van der Waals surface area contributed by atoms with Crippen molar-refractivity contribution in [2.45, 2.75) is 0 Å². The molecular weight excluding hydrogens is 160 g/mol. The second-order valence-corrected chi connectivity index (χ2v) is 2.09. The summed E-state index contributed by atoms with van der Waals surface area (Å²) in [5, 5.41) is 21.5. The summed E-state index contributed by atoms with van der Waals surface area (Å²) in [7, 11) is 0. The van der Waals surface area contributed by atoms with Crippen LogP contribution in [0.5, 0.6) is 0 Å². The Morgan fingerprint density at radius 3 is 2.33 bits per heavy atom. The maximum absolute atomic E-state index is 8.51. The highest BCUT2D eigenvalue weighted by Crippen LogP contribution is 2.18. The summed E-state index contributed by atoms with van der Waals surface area (Å²) in [6, 6.07) is 0. The highest BCUT2D eigenvalue weighted by molar-refractivity contribution is 5.72. The summed E-state index contributed by atoms with van der Waals surface area (Å²) in [5.74, 6) is 0.354. The first-order chi connectivity index (χ1) is 5.75. The van der Waals surface area contributed by atoms with E-state index in [4.69, 9.17) is 16.6 Å². The topological polar surface area (TPSA) is 123 Å². The number of hydrogen-bond acceptors (Lipinski definition) is 7. The van der Waals surface area contributed by atoms with Crippen molar-refractivity contribution >= 4 is 17.3 Å². The number of aliphatic hydroxyl groups excluding tert-OH is 1. The minimum atomic E-state index is -0.0127. The van der Waals surface area contributed by atoms with Gasteiger partial charge in [-0.1, -0.05) is 0 Å². The average molecular weight is 170 g/mol. The van der Waals surface area contributed by atoms with Gasteiger partial charge in [0.15, 0.2) is 11.6 Å². The Labute approximate surface area is 68.8 Å². The molecule has 0 radical (unpaired) electrons. The molecule has 0 unspecified atom stereocenters. The summed E-state index contributed by atoms with van der Waals surface area (Å²) >= 11 is 0. The minimum Gasteiger partial charge on any atom is -0.395 e. The molecule has 0 aliphatic heterocycles. The van der Waals surface area contributed by atoms with Gasteiger partial charge in [-0.3, -0.25) is 0 Å². The Hall–Kier alpha value is -1.63.